The van der Waals surface area contributed by atoms with Gasteiger partial charge in [-0.05, 0) is 30.7 Å². The molecule has 1 heterocycles. The van der Waals surface area contributed by atoms with Gasteiger partial charge in [0.15, 0.2) is 5.13 Å². The third-order valence-electron chi connectivity index (χ3n) is 4.10. The summed E-state index contributed by atoms with van der Waals surface area (Å²) in [5, 5.41) is 5.78. The SMILES string of the molecule is CCOC(=O)C[C@H](NC(=O)Nc1ccc2nc(NS(C)(=O)=O)sc2c1)c1ccccc1. The second-order valence-corrected chi connectivity index (χ2v) is 9.43. The van der Waals surface area contributed by atoms with Crippen molar-refractivity contribution in [3.05, 3.63) is 54.1 Å². The molecule has 2 aromatic carbocycles. The topological polar surface area (TPSA) is 126 Å². The number of aromatic nitrogens is 1. The Morgan fingerprint density at radius 3 is 2.58 bits per heavy atom. The highest BCUT2D eigenvalue weighted by atomic mass is 32.2. The molecule has 9 nitrogen and oxygen atoms in total. The predicted molar refractivity (Wildman–Crippen MR) is 121 cm³/mol. The van der Waals surface area contributed by atoms with E-state index >= 15 is 0 Å². The number of sulfonamides is 1. The highest BCUT2D eigenvalue weighted by molar-refractivity contribution is 7.92. The summed E-state index contributed by atoms with van der Waals surface area (Å²) in [4.78, 5) is 28.8. The van der Waals surface area contributed by atoms with Crippen molar-refractivity contribution < 1.29 is 22.7 Å². The van der Waals surface area contributed by atoms with Gasteiger partial charge >= 0.3 is 12.0 Å². The van der Waals surface area contributed by atoms with Crippen LogP contribution in [0.2, 0.25) is 0 Å². The standard InChI is InChI=1S/C20H22N4O5S2/c1-3-29-18(25)12-16(13-7-5-4-6-8-13)22-19(26)21-14-9-10-15-17(11-14)30-20(23-15)24-31(2,27)28/h4-11,16H,3,12H2,1-2H3,(H,23,24)(H2,21,22,26)/t16-/m0/s1. The lowest BCUT2D eigenvalue weighted by Crippen LogP contribution is -2.34. The van der Waals surface area contributed by atoms with Gasteiger partial charge in [0.1, 0.15) is 0 Å². The largest absolute Gasteiger partial charge is 0.466 e. The van der Waals surface area contributed by atoms with Gasteiger partial charge < -0.3 is 15.4 Å². The van der Waals surface area contributed by atoms with E-state index in [1.165, 1.54) is 0 Å². The molecule has 0 fully saturated rings. The van der Waals surface area contributed by atoms with Gasteiger partial charge in [-0.15, -0.1) is 0 Å². The zero-order valence-corrected chi connectivity index (χ0v) is 18.5. The van der Waals surface area contributed by atoms with Crippen LogP contribution in [0.3, 0.4) is 0 Å². The molecule has 1 aromatic heterocycles. The molecule has 2 amide bonds. The number of nitrogens with one attached hydrogen (secondary N) is 3. The lowest BCUT2D eigenvalue weighted by Gasteiger charge is -2.19. The molecule has 11 heteroatoms. The van der Waals surface area contributed by atoms with E-state index in [0.717, 1.165) is 23.2 Å². The van der Waals surface area contributed by atoms with Gasteiger partial charge in [0.2, 0.25) is 10.0 Å². The number of amides is 2. The second kappa shape index (κ2) is 9.75. The maximum Gasteiger partial charge on any atom is 0.319 e. The third-order valence-corrected chi connectivity index (χ3v) is 5.73. The van der Waals surface area contributed by atoms with E-state index in [1.54, 1.807) is 25.1 Å². The average molecular weight is 463 g/mol. The minimum atomic E-state index is -3.43. The number of hydrogen-bond donors (Lipinski definition) is 3. The Morgan fingerprint density at radius 2 is 1.90 bits per heavy atom. The van der Waals surface area contributed by atoms with Crippen LogP contribution >= 0.6 is 11.3 Å². The molecule has 0 saturated heterocycles. The summed E-state index contributed by atoms with van der Waals surface area (Å²) >= 11 is 1.16. The lowest BCUT2D eigenvalue weighted by atomic mass is 10.0. The fourth-order valence-electron chi connectivity index (χ4n) is 2.85. The van der Waals surface area contributed by atoms with Crippen molar-refractivity contribution in [3.8, 4) is 0 Å². The van der Waals surface area contributed by atoms with Crippen molar-refractivity contribution >= 4 is 54.4 Å². The number of thiazole rings is 1. The predicted octanol–water partition coefficient (Wildman–Crippen LogP) is 3.48. The number of carbonyl (C=O) groups is 2. The van der Waals surface area contributed by atoms with Crippen LogP contribution < -0.4 is 15.4 Å². The number of fused-ring (bicyclic) bond motifs is 1. The molecule has 0 radical (unpaired) electrons. The smallest absolute Gasteiger partial charge is 0.319 e. The molecule has 3 rings (SSSR count). The number of carbonyl (C=O) groups excluding carboxylic acids is 2. The zero-order chi connectivity index (χ0) is 22.4. The van der Waals surface area contributed by atoms with Gasteiger partial charge in [0.25, 0.3) is 0 Å². The summed E-state index contributed by atoms with van der Waals surface area (Å²) in [7, 11) is -3.43. The molecular weight excluding hydrogens is 440 g/mol. The minimum Gasteiger partial charge on any atom is -0.466 e. The Labute approximate surface area is 183 Å². The Kier molecular flexibility index (Phi) is 7.08. The quantitative estimate of drug-likeness (QED) is 0.440. The first-order valence-electron chi connectivity index (χ1n) is 9.40. The fourth-order valence-corrected chi connectivity index (χ4v) is 4.59. The molecule has 0 aliphatic heterocycles. The van der Waals surface area contributed by atoms with E-state index in [9.17, 15) is 18.0 Å². The number of esters is 1. The summed E-state index contributed by atoms with van der Waals surface area (Å²) < 4.78 is 30.8. The van der Waals surface area contributed by atoms with Crippen LogP contribution in [0.15, 0.2) is 48.5 Å². The molecule has 0 spiro atoms. The van der Waals surface area contributed by atoms with E-state index in [0.29, 0.717) is 15.9 Å². The number of anilines is 2. The van der Waals surface area contributed by atoms with Crippen LogP contribution in [0.5, 0.6) is 0 Å². The van der Waals surface area contributed by atoms with Crippen LogP contribution in [0.1, 0.15) is 24.9 Å². The monoisotopic (exact) mass is 462 g/mol. The summed E-state index contributed by atoms with van der Waals surface area (Å²) in [6, 6.07) is 13.1. The van der Waals surface area contributed by atoms with Crippen LogP contribution in [0.4, 0.5) is 15.6 Å². The Bertz CT molecular complexity index is 1180. The van der Waals surface area contributed by atoms with Crippen molar-refractivity contribution in [2.75, 3.05) is 22.9 Å². The van der Waals surface area contributed by atoms with Crippen LogP contribution in [-0.2, 0) is 19.6 Å². The Morgan fingerprint density at radius 1 is 1.16 bits per heavy atom. The van der Waals surface area contributed by atoms with Gasteiger partial charge in [-0.3, -0.25) is 9.52 Å². The maximum atomic E-state index is 12.6. The first-order chi connectivity index (χ1) is 14.7. The zero-order valence-electron chi connectivity index (χ0n) is 16.9. The van der Waals surface area contributed by atoms with E-state index < -0.39 is 28.1 Å². The number of urea groups is 1. The average Bonchev–Trinajstić information content (AvgIpc) is 3.08. The highest BCUT2D eigenvalue weighted by Crippen LogP contribution is 2.29. The van der Waals surface area contributed by atoms with E-state index in [2.05, 4.69) is 20.3 Å². The van der Waals surface area contributed by atoms with Crippen molar-refractivity contribution in [2.45, 2.75) is 19.4 Å². The summed E-state index contributed by atoms with van der Waals surface area (Å²) in [6.07, 6.45) is 1.05. The van der Waals surface area contributed by atoms with Gasteiger partial charge in [-0.1, -0.05) is 41.7 Å². The number of rotatable bonds is 8. The minimum absolute atomic E-state index is 0.000323. The molecule has 1 atom stereocenters. The maximum absolute atomic E-state index is 12.6. The van der Waals surface area contributed by atoms with Crippen molar-refractivity contribution in [3.63, 3.8) is 0 Å². The lowest BCUT2D eigenvalue weighted by molar-refractivity contribution is -0.143. The normalized spacial score (nSPS) is 12.2. The van der Waals surface area contributed by atoms with Gasteiger partial charge in [-0.25, -0.2) is 18.2 Å². The molecular formula is C20H22N4O5S2. The van der Waals surface area contributed by atoms with Gasteiger partial charge in [-0.2, -0.15) is 0 Å². The Hall–Kier alpha value is -3.18. The number of hydrogen-bond acceptors (Lipinski definition) is 7. The number of ether oxygens (including phenoxy) is 1. The Balaban J connectivity index is 1.72. The number of nitrogens with zero attached hydrogens (tertiary/aromatic N) is 1. The van der Waals surface area contributed by atoms with Gasteiger partial charge in [0, 0.05) is 5.69 Å². The van der Waals surface area contributed by atoms with Crippen LogP contribution in [0.25, 0.3) is 10.2 Å². The molecule has 0 aliphatic rings. The number of benzene rings is 2. The molecule has 164 valence electrons. The van der Waals surface area contributed by atoms with E-state index in [1.807, 2.05) is 30.3 Å². The van der Waals surface area contributed by atoms with Crippen molar-refractivity contribution in [2.24, 2.45) is 0 Å². The molecule has 0 saturated carbocycles. The van der Waals surface area contributed by atoms with E-state index in [-0.39, 0.29) is 18.2 Å². The van der Waals surface area contributed by atoms with Crippen molar-refractivity contribution in [1.29, 1.82) is 0 Å². The first kappa shape index (κ1) is 22.5. The molecule has 31 heavy (non-hydrogen) atoms. The molecule has 3 aromatic rings. The first-order valence-corrected chi connectivity index (χ1v) is 12.1. The molecule has 0 bridgehead atoms. The van der Waals surface area contributed by atoms with Gasteiger partial charge in [0.05, 0.1) is 35.5 Å². The summed E-state index contributed by atoms with van der Waals surface area (Å²) in [6.45, 7) is 1.99. The summed E-state index contributed by atoms with van der Waals surface area (Å²) in [5.74, 6) is -0.409. The highest BCUT2D eigenvalue weighted by Gasteiger charge is 2.19. The molecule has 0 unspecified atom stereocenters. The van der Waals surface area contributed by atoms with E-state index in [4.69, 9.17) is 4.74 Å². The summed E-state index contributed by atoms with van der Waals surface area (Å²) in [5.41, 5.74) is 1.88. The van der Waals surface area contributed by atoms with Crippen LogP contribution in [-0.4, -0.2) is 38.3 Å². The van der Waals surface area contributed by atoms with Crippen LogP contribution in [0, 0.1) is 0 Å². The molecule has 0 aliphatic carbocycles. The van der Waals surface area contributed by atoms with Crippen molar-refractivity contribution in [1.82, 2.24) is 10.3 Å². The molecule has 3 N–H and O–H groups in total. The fraction of sp³-hybridized carbons (Fsp3) is 0.250. The second-order valence-electron chi connectivity index (χ2n) is 6.65. The third kappa shape index (κ3) is 6.66.